The Bertz CT molecular complexity index is 1010. The van der Waals surface area contributed by atoms with Crippen LogP contribution in [-0.4, -0.2) is 34.4 Å². The number of carbonyl (C=O) groups excluding carboxylic acids is 1. The molecule has 2 aromatic rings. The van der Waals surface area contributed by atoms with Gasteiger partial charge in [-0.25, -0.2) is 4.85 Å². The van der Waals surface area contributed by atoms with E-state index < -0.39 is 11.6 Å². The van der Waals surface area contributed by atoms with Gasteiger partial charge in [-0.2, -0.15) is 0 Å². The molecule has 1 amide bonds. The van der Waals surface area contributed by atoms with Crippen LogP contribution < -0.4 is 14.5 Å². The molecule has 6 nitrogen and oxygen atoms in total. The highest BCUT2D eigenvalue weighted by atomic mass is 32.1. The van der Waals surface area contributed by atoms with Gasteiger partial charge in [-0.1, -0.05) is 13.0 Å². The number of ether oxygens (including phenoxy) is 1. The van der Waals surface area contributed by atoms with Crippen LogP contribution in [0.5, 0.6) is 5.75 Å². The molecule has 1 fully saturated rings. The largest absolute Gasteiger partial charge is 0.491 e. The number of aryl methyl sites for hydroxylation is 1. The van der Waals surface area contributed by atoms with Crippen LogP contribution >= 0.6 is 12.2 Å². The van der Waals surface area contributed by atoms with Crippen molar-refractivity contribution >= 4 is 40.3 Å². The SMILES string of the molecule is [C-]#[N+]c1ccc(N2C(=O)C(C)(C)N(c3ccc(OC[C@H](O)CC)cc3)C2=S)cc1C. The van der Waals surface area contributed by atoms with Crippen molar-refractivity contribution in [2.75, 3.05) is 16.4 Å². The van der Waals surface area contributed by atoms with Gasteiger partial charge < -0.3 is 14.7 Å². The normalized spacial score (nSPS) is 16.5. The quantitative estimate of drug-likeness (QED) is 0.543. The predicted molar refractivity (Wildman–Crippen MR) is 122 cm³/mol. The summed E-state index contributed by atoms with van der Waals surface area (Å²) in [5.41, 5.74) is 1.91. The fourth-order valence-electron chi connectivity index (χ4n) is 3.36. The lowest BCUT2D eigenvalue weighted by atomic mass is 10.0. The number of nitrogens with zero attached hydrogens (tertiary/aromatic N) is 3. The maximum Gasteiger partial charge on any atom is 0.259 e. The van der Waals surface area contributed by atoms with Gasteiger partial charge in [0.15, 0.2) is 10.8 Å². The Balaban J connectivity index is 1.89. The molecule has 1 heterocycles. The summed E-state index contributed by atoms with van der Waals surface area (Å²) in [4.78, 5) is 20.1. The molecule has 156 valence electrons. The number of hydrogen-bond acceptors (Lipinski definition) is 4. The zero-order valence-electron chi connectivity index (χ0n) is 17.5. The van der Waals surface area contributed by atoms with E-state index in [4.69, 9.17) is 23.5 Å². The fraction of sp³-hybridized carbons (Fsp3) is 0.348. The van der Waals surface area contributed by atoms with Crippen molar-refractivity contribution in [3.8, 4) is 5.75 Å². The average molecular weight is 424 g/mol. The summed E-state index contributed by atoms with van der Waals surface area (Å²) in [6.45, 7) is 14.9. The zero-order chi connectivity index (χ0) is 22.1. The zero-order valence-corrected chi connectivity index (χ0v) is 18.4. The summed E-state index contributed by atoms with van der Waals surface area (Å²) >= 11 is 5.70. The van der Waals surface area contributed by atoms with E-state index in [0.29, 0.717) is 28.7 Å². The minimum absolute atomic E-state index is 0.131. The van der Waals surface area contributed by atoms with Crippen LogP contribution in [0.1, 0.15) is 32.8 Å². The summed E-state index contributed by atoms with van der Waals surface area (Å²) in [7, 11) is 0. The minimum Gasteiger partial charge on any atom is -0.491 e. The Morgan fingerprint density at radius 2 is 1.83 bits per heavy atom. The van der Waals surface area contributed by atoms with Crippen LogP contribution in [0, 0.1) is 13.5 Å². The first-order valence-corrected chi connectivity index (χ1v) is 10.2. The first kappa shape index (κ1) is 21.8. The van der Waals surface area contributed by atoms with Crippen LogP contribution in [0.3, 0.4) is 0 Å². The number of aliphatic hydroxyl groups excluding tert-OH is 1. The molecule has 0 aromatic heterocycles. The van der Waals surface area contributed by atoms with E-state index in [1.807, 2.05) is 50.8 Å². The number of carbonyl (C=O) groups is 1. The molecule has 30 heavy (non-hydrogen) atoms. The van der Waals surface area contributed by atoms with E-state index in [0.717, 1.165) is 11.3 Å². The van der Waals surface area contributed by atoms with Crippen molar-refractivity contribution in [3.63, 3.8) is 0 Å². The number of benzene rings is 2. The van der Waals surface area contributed by atoms with Crippen molar-refractivity contribution in [3.05, 3.63) is 59.4 Å². The van der Waals surface area contributed by atoms with Gasteiger partial charge in [0, 0.05) is 11.4 Å². The molecule has 1 N–H and O–H groups in total. The second-order valence-corrected chi connectivity index (χ2v) is 8.13. The number of thiocarbonyl (C=S) groups is 1. The van der Waals surface area contributed by atoms with Crippen molar-refractivity contribution in [2.24, 2.45) is 0 Å². The topological polar surface area (TPSA) is 57.4 Å². The first-order chi connectivity index (χ1) is 14.2. The molecule has 1 aliphatic rings. The summed E-state index contributed by atoms with van der Waals surface area (Å²) in [6, 6.07) is 12.6. The number of anilines is 2. The Morgan fingerprint density at radius 3 is 2.40 bits per heavy atom. The van der Waals surface area contributed by atoms with Gasteiger partial charge in [0.25, 0.3) is 5.91 Å². The molecule has 0 bridgehead atoms. The van der Waals surface area contributed by atoms with Gasteiger partial charge >= 0.3 is 0 Å². The fourth-order valence-corrected chi connectivity index (χ4v) is 3.88. The molecule has 0 spiro atoms. The summed E-state index contributed by atoms with van der Waals surface area (Å²) < 4.78 is 5.60. The molecule has 1 saturated heterocycles. The highest BCUT2D eigenvalue weighted by molar-refractivity contribution is 7.81. The van der Waals surface area contributed by atoms with E-state index in [-0.39, 0.29) is 12.5 Å². The van der Waals surface area contributed by atoms with E-state index in [1.54, 1.807) is 24.3 Å². The second kappa shape index (κ2) is 8.42. The lowest BCUT2D eigenvalue weighted by molar-refractivity contribution is -0.120. The Morgan fingerprint density at radius 1 is 1.20 bits per heavy atom. The molecule has 0 radical (unpaired) electrons. The van der Waals surface area contributed by atoms with Gasteiger partial charge in [0.2, 0.25) is 0 Å². The molecular formula is C23H25N3O3S. The number of rotatable bonds is 6. The van der Waals surface area contributed by atoms with Crippen LogP contribution in [0.2, 0.25) is 0 Å². The second-order valence-electron chi connectivity index (χ2n) is 7.77. The van der Waals surface area contributed by atoms with Crippen molar-refractivity contribution in [1.82, 2.24) is 0 Å². The van der Waals surface area contributed by atoms with Gasteiger partial charge in [-0.05, 0) is 81.4 Å². The maximum absolute atomic E-state index is 13.2. The summed E-state index contributed by atoms with van der Waals surface area (Å²) in [5.74, 6) is 0.511. The summed E-state index contributed by atoms with van der Waals surface area (Å²) in [5, 5.41) is 10.0. The Kier molecular flexibility index (Phi) is 6.11. The molecule has 0 aliphatic carbocycles. The third kappa shape index (κ3) is 3.89. The minimum atomic E-state index is -0.871. The Hall–Kier alpha value is -2.95. The average Bonchev–Trinajstić information content (AvgIpc) is 2.90. The van der Waals surface area contributed by atoms with Crippen LogP contribution in [0.4, 0.5) is 17.1 Å². The third-order valence-electron chi connectivity index (χ3n) is 5.24. The highest BCUT2D eigenvalue weighted by Gasteiger charge is 2.50. The van der Waals surface area contributed by atoms with Gasteiger partial charge in [0.1, 0.15) is 17.9 Å². The van der Waals surface area contributed by atoms with Crippen molar-refractivity contribution in [2.45, 2.75) is 45.8 Å². The smallest absolute Gasteiger partial charge is 0.259 e. The molecule has 0 unspecified atom stereocenters. The molecular weight excluding hydrogens is 398 g/mol. The van der Waals surface area contributed by atoms with E-state index in [9.17, 15) is 9.90 Å². The van der Waals surface area contributed by atoms with E-state index >= 15 is 0 Å². The van der Waals surface area contributed by atoms with E-state index in [2.05, 4.69) is 4.85 Å². The number of hydrogen-bond donors (Lipinski definition) is 1. The van der Waals surface area contributed by atoms with Crippen molar-refractivity contribution < 1.29 is 14.6 Å². The molecule has 1 aliphatic heterocycles. The third-order valence-corrected chi connectivity index (χ3v) is 5.60. The van der Waals surface area contributed by atoms with Gasteiger partial charge in [-0.3, -0.25) is 9.69 Å². The lowest BCUT2D eigenvalue weighted by Gasteiger charge is -2.29. The van der Waals surface area contributed by atoms with Crippen molar-refractivity contribution in [1.29, 1.82) is 0 Å². The molecule has 0 saturated carbocycles. The number of amides is 1. The first-order valence-electron chi connectivity index (χ1n) is 9.78. The Labute approximate surface area is 182 Å². The molecule has 7 heteroatoms. The van der Waals surface area contributed by atoms with Crippen LogP contribution in [0.25, 0.3) is 4.85 Å². The maximum atomic E-state index is 13.2. The van der Waals surface area contributed by atoms with E-state index in [1.165, 1.54) is 4.90 Å². The molecule has 3 rings (SSSR count). The summed E-state index contributed by atoms with van der Waals surface area (Å²) in [6.07, 6.45) is 0.126. The molecule has 2 aromatic carbocycles. The van der Waals surface area contributed by atoms with Gasteiger partial charge in [0.05, 0.1) is 12.7 Å². The number of aliphatic hydroxyl groups is 1. The van der Waals surface area contributed by atoms with Crippen LogP contribution in [-0.2, 0) is 4.79 Å². The predicted octanol–water partition coefficient (Wildman–Crippen LogP) is 4.61. The lowest BCUT2D eigenvalue weighted by Crippen LogP contribution is -2.44. The highest BCUT2D eigenvalue weighted by Crippen LogP contribution is 2.38. The monoisotopic (exact) mass is 423 g/mol. The molecule has 1 atom stereocenters. The standard InChI is InChI=1S/C23H25N3O3S/c1-6-18(27)14-29-19-10-7-16(8-11-19)26-22(30)25(21(28)23(26,3)4)17-9-12-20(24-5)15(2)13-17/h7-13,18,27H,6,14H2,1-4H3/t18-/m1/s1. The van der Waals surface area contributed by atoms with Crippen LogP contribution in [0.15, 0.2) is 42.5 Å². The van der Waals surface area contributed by atoms with Gasteiger partial charge in [-0.15, -0.1) is 0 Å².